The Kier molecular flexibility index (Phi) is 7.14. The van der Waals surface area contributed by atoms with Crippen molar-refractivity contribution < 1.29 is 0 Å². The van der Waals surface area contributed by atoms with E-state index in [0.717, 1.165) is 72.3 Å². The van der Waals surface area contributed by atoms with E-state index in [1.165, 1.54) is 5.56 Å². The van der Waals surface area contributed by atoms with Gasteiger partial charge in [0.25, 0.3) is 0 Å². The van der Waals surface area contributed by atoms with Gasteiger partial charge in [0.15, 0.2) is 5.82 Å². The van der Waals surface area contributed by atoms with E-state index in [1.807, 2.05) is 0 Å². The van der Waals surface area contributed by atoms with E-state index < -0.39 is 0 Å². The van der Waals surface area contributed by atoms with Crippen LogP contribution in [0.2, 0.25) is 0 Å². The van der Waals surface area contributed by atoms with Gasteiger partial charge in [0.05, 0.1) is 16.7 Å². The van der Waals surface area contributed by atoms with Crippen LogP contribution in [0.25, 0.3) is 83.6 Å². The van der Waals surface area contributed by atoms with Crippen molar-refractivity contribution in [2.45, 2.75) is 0 Å². The summed E-state index contributed by atoms with van der Waals surface area (Å²) in [5.74, 6) is 0.693. The lowest BCUT2D eigenvalue weighted by molar-refractivity contribution is 1.15. The molecule has 0 saturated heterocycles. The van der Waals surface area contributed by atoms with Crippen molar-refractivity contribution in [1.82, 2.24) is 14.5 Å². The number of hydrogen-bond donors (Lipinski definition) is 0. The molecule has 0 spiro atoms. The molecule has 230 valence electrons. The molecule has 9 aromatic rings. The molecule has 7 aromatic carbocycles. The van der Waals surface area contributed by atoms with Crippen LogP contribution in [-0.2, 0) is 0 Å². The summed E-state index contributed by atoms with van der Waals surface area (Å²) >= 11 is 0. The van der Waals surface area contributed by atoms with Gasteiger partial charge in [-0.2, -0.15) is 0 Å². The van der Waals surface area contributed by atoms with Crippen molar-refractivity contribution in [2.24, 2.45) is 0 Å². The highest BCUT2D eigenvalue weighted by molar-refractivity contribution is 6.11. The fourth-order valence-corrected chi connectivity index (χ4v) is 6.85. The van der Waals surface area contributed by atoms with Gasteiger partial charge in [-0.15, -0.1) is 0 Å². The predicted octanol–water partition coefficient (Wildman–Crippen LogP) is 11.9. The number of nitrogens with zero attached hydrogens (tertiary/aromatic N) is 3. The average molecular weight is 626 g/mol. The molecule has 0 unspecified atom stereocenters. The Morgan fingerprint density at radius 3 is 1.45 bits per heavy atom. The summed E-state index contributed by atoms with van der Waals surface area (Å²) in [6.07, 6.45) is 0. The molecule has 0 radical (unpaired) electrons. The Balaban J connectivity index is 1.37. The molecule has 0 bridgehead atoms. The second-order valence-electron chi connectivity index (χ2n) is 12.3. The number of rotatable bonds is 6. The maximum atomic E-state index is 5.50. The van der Waals surface area contributed by atoms with Crippen LogP contribution >= 0.6 is 0 Å². The Morgan fingerprint density at radius 1 is 0.347 bits per heavy atom. The molecule has 0 fully saturated rings. The zero-order chi connectivity index (χ0) is 32.6. The quantitative estimate of drug-likeness (QED) is 0.184. The molecular formula is C46H31N3. The summed E-state index contributed by atoms with van der Waals surface area (Å²) in [5, 5.41) is 1.09. The van der Waals surface area contributed by atoms with E-state index in [0.29, 0.717) is 5.82 Å². The van der Waals surface area contributed by atoms with Gasteiger partial charge in [0.1, 0.15) is 5.52 Å². The highest BCUT2D eigenvalue weighted by atomic mass is 15.0. The van der Waals surface area contributed by atoms with Gasteiger partial charge in [0, 0.05) is 22.2 Å². The first-order valence-electron chi connectivity index (χ1n) is 16.6. The second-order valence-corrected chi connectivity index (χ2v) is 12.3. The van der Waals surface area contributed by atoms with E-state index in [4.69, 9.17) is 9.97 Å². The third-order valence-electron chi connectivity index (χ3n) is 9.17. The van der Waals surface area contributed by atoms with Crippen LogP contribution in [0.1, 0.15) is 0 Å². The fraction of sp³-hybridized carbons (Fsp3) is 0. The molecule has 9 rings (SSSR count). The van der Waals surface area contributed by atoms with Crippen LogP contribution in [-0.4, -0.2) is 14.5 Å². The van der Waals surface area contributed by atoms with Crippen LogP contribution in [0.15, 0.2) is 188 Å². The second kappa shape index (κ2) is 12.2. The fourth-order valence-electron chi connectivity index (χ4n) is 6.85. The van der Waals surface area contributed by atoms with E-state index >= 15 is 0 Å². The molecule has 49 heavy (non-hydrogen) atoms. The molecule has 3 heteroatoms. The largest absolute Gasteiger partial charge is 0.306 e. The Morgan fingerprint density at radius 2 is 0.816 bits per heavy atom. The molecule has 0 saturated carbocycles. The SMILES string of the molecule is c1ccc(-c2cc(-c3ccccc3)cc(-c3nc(-c4cccc(-c5ccccc5)c4)c4c(n3)c3ccccc3n4-c3ccccc3)c2)cc1. The Bertz CT molecular complexity index is 2510. The number of hydrogen-bond acceptors (Lipinski definition) is 2. The zero-order valence-electron chi connectivity index (χ0n) is 26.7. The van der Waals surface area contributed by atoms with Crippen molar-refractivity contribution in [3.05, 3.63) is 188 Å². The lowest BCUT2D eigenvalue weighted by Gasteiger charge is -2.14. The summed E-state index contributed by atoms with van der Waals surface area (Å²) in [5.41, 5.74) is 13.9. The minimum Gasteiger partial charge on any atom is -0.306 e. The number of fused-ring (bicyclic) bond motifs is 3. The summed E-state index contributed by atoms with van der Waals surface area (Å²) < 4.78 is 2.31. The van der Waals surface area contributed by atoms with Crippen LogP contribution in [0, 0.1) is 0 Å². The van der Waals surface area contributed by atoms with Crippen molar-refractivity contribution in [3.8, 4) is 61.7 Å². The molecule has 0 aliphatic heterocycles. The smallest absolute Gasteiger partial charge is 0.160 e. The van der Waals surface area contributed by atoms with E-state index in [2.05, 4.69) is 193 Å². The lowest BCUT2D eigenvalue weighted by atomic mass is 9.95. The van der Waals surface area contributed by atoms with Crippen LogP contribution < -0.4 is 0 Å². The first-order valence-corrected chi connectivity index (χ1v) is 16.6. The highest BCUT2D eigenvalue weighted by Crippen LogP contribution is 2.40. The topological polar surface area (TPSA) is 30.7 Å². The molecule has 0 amide bonds. The Labute approximate surface area is 285 Å². The molecule has 2 aromatic heterocycles. The molecule has 0 N–H and O–H groups in total. The molecule has 0 aliphatic rings. The predicted molar refractivity (Wildman–Crippen MR) is 204 cm³/mol. The summed E-state index contributed by atoms with van der Waals surface area (Å²) in [6, 6.07) is 66.1. The maximum Gasteiger partial charge on any atom is 0.160 e. The summed E-state index contributed by atoms with van der Waals surface area (Å²) in [4.78, 5) is 10.9. The van der Waals surface area contributed by atoms with E-state index in [1.54, 1.807) is 0 Å². The summed E-state index contributed by atoms with van der Waals surface area (Å²) in [6.45, 7) is 0. The normalized spacial score (nSPS) is 11.3. The van der Waals surface area contributed by atoms with E-state index in [9.17, 15) is 0 Å². The first kappa shape index (κ1) is 28.6. The van der Waals surface area contributed by atoms with Gasteiger partial charge in [-0.1, -0.05) is 146 Å². The minimum absolute atomic E-state index is 0.693. The van der Waals surface area contributed by atoms with Gasteiger partial charge < -0.3 is 4.57 Å². The monoisotopic (exact) mass is 625 g/mol. The molecule has 2 heterocycles. The maximum absolute atomic E-state index is 5.50. The third-order valence-corrected chi connectivity index (χ3v) is 9.17. The Hall–Kier alpha value is -6.58. The molecular weight excluding hydrogens is 595 g/mol. The van der Waals surface area contributed by atoms with Crippen LogP contribution in [0.3, 0.4) is 0 Å². The zero-order valence-corrected chi connectivity index (χ0v) is 26.7. The lowest BCUT2D eigenvalue weighted by Crippen LogP contribution is -2.00. The van der Waals surface area contributed by atoms with Crippen LogP contribution in [0.5, 0.6) is 0 Å². The molecule has 3 nitrogen and oxygen atoms in total. The van der Waals surface area contributed by atoms with Crippen molar-refractivity contribution in [1.29, 1.82) is 0 Å². The minimum atomic E-state index is 0.693. The average Bonchev–Trinajstić information content (AvgIpc) is 3.53. The standard InChI is InChI=1S/C46H31N3/c1-5-16-32(17-6-1)35-22-15-23-36(28-35)43-45-44(41-26-13-14-27-42(41)49(45)40-24-11-4-12-25-40)48-46(47-43)39-30-37(33-18-7-2-8-19-33)29-38(31-39)34-20-9-3-10-21-34/h1-31H. The van der Waals surface area contributed by atoms with Crippen molar-refractivity contribution in [3.63, 3.8) is 0 Å². The van der Waals surface area contributed by atoms with Gasteiger partial charge in [-0.05, 0) is 75.8 Å². The highest BCUT2D eigenvalue weighted by Gasteiger charge is 2.22. The number of aromatic nitrogens is 3. The van der Waals surface area contributed by atoms with Gasteiger partial charge in [0.2, 0.25) is 0 Å². The van der Waals surface area contributed by atoms with Gasteiger partial charge >= 0.3 is 0 Å². The molecule has 0 atom stereocenters. The third kappa shape index (κ3) is 5.28. The van der Waals surface area contributed by atoms with Crippen molar-refractivity contribution >= 4 is 21.9 Å². The van der Waals surface area contributed by atoms with Gasteiger partial charge in [-0.3, -0.25) is 0 Å². The van der Waals surface area contributed by atoms with Crippen molar-refractivity contribution in [2.75, 3.05) is 0 Å². The summed E-state index contributed by atoms with van der Waals surface area (Å²) in [7, 11) is 0. The van der Waals surface area contributed by atoms with E-state index in [-0.39, 0.29) is 0 Å². The molecule has 0 aliphatic carbocycles. The van der Waals surface area contributed by atoms with Gasteiger partial charge in [-0.25, -0.2) is 9.97 Å². The number of benzene rings is 7. The number of para-hydroxylation sites is 2. The first-order chi connectivity index (χ1) is 24.3. The van der Waals surface area contributed by atoms with Crippen LogP contribution in [0.4, 0.5) is 0 Å².